The van der Waals surface area contributed by atoms with Crippen LogP contribution in [-0.2, 0) is 0 Å². The number of hydrogen-bond donors (Lipinski definition) is 0. The summed E-state index contributed by atoms with van der Waals surface area (Å²) < 4.78 is 0. The Labute approximate surface area is 111 Å². The molecule has 0 aromatic carbocycles. The van der Waals surface area contributed by atoms with Crippen molar-refractivity contribution in [2.45, 2.75) is 19.8 Å². The molecule has 1 heterocycles. The quantitative estimate of drug-likeness (QED) is 0.537. The molecule has 2 heteroatoms. The van der Waals surface area contributed by atoms with E-state index in [1.165, 1.54) is 5.56 Å². The van der Waals surface area contributed by atoms with Gasteiger partial charge >= 0.3 is 58.2 Å². The Morgan fingerprint density at radius 2 is 2.20 bits per heavy atom. The molecule has 0 N–H and O–H groups in total. The van der Waals surface area contributed by atoms with Crippen LogP contribution in [-0.4, -0.2) is 4.98 Å². The molecule has 48 valence electrons. The van der Waals surface area contributed by atoms with E-state index in [-0.39, 0.29) is 58.2 Å². The van der Waals surface area contributed by atoms with E-state index in [0.717, 1.165) is 0 Å². The molecule has 0 saturated carbocycles. The van der Waals surface area contributed by atoms with Crippen LogP contribution in [0.15, 0.2) is 18.5 Å². The summed E-state index contributed by atoms with van der Waals surface area (Å²) >= 11 is 0. The van der Waals surface area contributed by atoms with Gasteiger partial charge in [0.2, 0.25) is 0 Å². The molecular weight excluding hydrogens is 196 g/mol. The summed E-state index contributed by atoms with van der Waals surface area (Å²) in [5.74, 6) is 0.563. The van der Waals surface area contributed by atoms with E-state index in [1.807, 2.05) is 6.07 Å². The maximum Gasteiger partial charge on any atom is 1.00 e. The third-order valence-electron chi connectivity index (χ3n) is 1.27. The van der Waals surface area contributed by atoms with Crippen molar-refractivity contribution < 1.29 is 58.2 Å². The minimum absolute atomic E-state index is 0. The Kier molecular flexibility index (Phi) is 6.12. The van der Waals surface area contributed by atoms with E-state index in [1.54, 1.807) is 12.4 Å². The molecule has 0 fully saturated rings. The molecule has 0 spiro atoms. The van der Waals surface area contributed by atoms with Gasteiger partial charge in [-0.2, -0.15) is 6.07 Å². The normalized spacial score (nSPS) is 9.10. The third kappa shape index (κ3) is 3.38. The van der Waals surface area contributed by atoms with Crippen LogP contribution in [0.4, 0.5) is 0 Å². The zero-order chi connectivity index (χ0) is 6.69. The Morgan fingerprint density at radius 3 is 2.50 bits per heavy atom. The standard InChI is InChI=1S/C8H10N.Rb/c1-7(2)8-3-5-9-6-4-8;/h3,5-7H,1-2H3;/q-1;+1. The van der Waals surface area contributed by atoms with E-state index in [0.29, 0.717) is 5.92 Å². The smallest absolute Gasteiger partial charge is 0.304 e. The molecule has 0 aliphatic carbocycles. The summed E-state index contributed by atoms with van der Waals surface area (Å²) in [6.45, 7) is 4.29. The van der Waals surface area contributed by atoms with Crippen LogP contribution in [0.25, 0.3) is 0 Å². The van der Waals surface area contributed by atoms with Gasteiger partial charge in [0.1, 0.15) is 0 Å². The van der Waals surface area contributed by atoms with Crippen LogP contribution < -0.4 is 58.2 Å². The van der Waals surface area contributed by atoms with E-state index in [4.69, 9.17) is 0 Å². The Hall–Kier alpha value is 0.955. The van der Waals surface area contributed by atoms with Gasteiger partial charge in [-0.15, -0.1) is 0 Å². The molecule has 10 heavy (non-hydrogen) atoms. The zero-order valence-electron chi connectivity index (χ0n) is 6.76. The predicted octanol–water partition coefficient (Wildman–Crippen LogP) is -0.991. The van der Waals surface area contributed by atoms with Gasteiger partial charge in [0, 0.05) is 0 Å². The number of rotatable bonds is 1. The van der Waals surface area contributed by atoms with Gasteiger partial charge in [-0.1, -0.05) is 32.2 Å². The molecular formula is C8H10NRb. The van der Waals surface area contributed by atoms with Crippen LogP contribution in [0, 0.1) is 6.07 Å². The fourth-order valence-corrected chi connectivity index (χ4v) is 0.685. The molecule has 0 saturated heterocycles. The van der Waals surface area contributed by atoms with Crippen molar-refractivity contribution >= 4 is 0 Å². The van der Waals surface area contributed by atoms with Crippen molar-refractivity contribution in [1.82, 2.24) is 4.98 Å². The Bertz CT molecular complexity index is 172. The van der Waals surface area contributed by atoms with Crippen LogP contribution in [0.2, 0.25) is 0 Å². The first kappa shape index (κ1) is 11.0. The summed E-state index contributed by atoms with van der Waals surface area (Å²) in [5, 5.41) is 0. The first-order valence-electron chi connectivity index (χ1n) is 3.12. The average Bonchev–Trinajstić information content (AvgIpc) is 1.90. The average molecular weight is 206 g/mol. The molecule has 1 aromatic rings. The third-order valence-corrected chi connectivity index (χ3v) is 1.27. The second kappa shape index (κ2) is 5.59. The molecule has 0 aliphatic heterocycles. The number of hydrogen-bond acceptors (Lipinski definition) is 1. The van der Waals surface area contributed by atoms with Crippen molar-refractivity contribution in [1.29, 1.82) is 0 Å². The summed E-state index contributed by atoms with van der Waals surface area (Å²) in [7, 11) is 0. The van der Waals surface area contributed by atoms with E-state index in [2.05, 4.69) is 24.9 Å². The zero-order valence-corrected chi connectivity index (χ0v) is 11.7. The largest absolute Gasteiger partial charge is 1.00 e. The van der Waals surface area contributed by atoms with Gasteiger partial charge in [-0.05, 0) is 0 Å². The number of aromatic nitrogens is 1. The van der Waals surface area contributed by atoms with Crippen LogP contribution >= 0.6 is 0 Å². The van der Waals surface area contributed by atoms with Crippen LogP contribution in [0.1, 0.15) is 25.3 Å². The van der Waals surface area contributed by atoms with Crippen LogP contribution in [0.3, 0.4) is 0 Å². The molecule has 1 aromatic heterocycles. The Balaban J connectivity index is 0.000000810. The van der Waals surface area contributed by atoms with Gasteiger partial charge in [0.05, 0.1) is 0 Å². The van der Waals surface area contributed by atoms with Gasteiger partial charge in [0.15, 0.2) is 0 Å². The maximum atomic E-state index is 3.87. The second-order valence-electron chi connectivity index (χ2n) is 2.35. The van der Waals surface area contributed by atoms with Crippen molar-refractivity contribution in [2.24, 2.45) is 0 Å². The van der Waals surface area contributed by atoms with E-state index >= 15 is 0 Å². The summed E-state index contributed by atoms with van der Waals surface area (Å²) in [5.41, 5.74) is 1.23. The molecule has 1 rings (SSSR count). The minimum Gasteiger partial charge on any atom is -0.304 e. The van der Waals surface area contributed by atoms with Crippen molar-refractivity contribution in [2.75, 3.05) is 0 Å². The monoisotopic (exact) mass is 205 g/mol. The van der Waals surface area contributed by atoms with Gasteiger partial charge in [-0.25, -0.2) is 11.6 Å². The van der Waals surface area contributed by atoms with Crippen molar-refractivity contribution in [3.63, 3.8) is 0 Å². The van der Waals surface area contributed by atoms with E-state index in [9.17, 15) is 0 Å². The van der Waals surface area contributed by atoms with E-state index < -0.39 is 0 Å². The molecule has 0 unspecified atom stereocenters. The SMILES string of the molecule is CC(C)c1[c-]cncc1.[Rb+]. The predicted molar refractivity (Wildman–Crippen MR) is 37.2 cm³/mol. The second-order valence-corrected chi connectivity index (χ2v) is 2.35. The van der Waals surface area contributed by atoms with Crippen molar-refractivity contribution in [3.05, 3.63) is 30.1 Å². The number of nitrogens with zero attached hydrogens (tertiary/aromatic N) is 1. The topological polar surface area (TPSA) is 12.9 Å². The fraction of sp³-hybridized carbons (Fsp3) is 0.375. The maximum absolute atomic E-state index is 3.87. The molecule has 0 amide bonds. The first-order chi connectivity index (χ1) is 4.30. The summed E-state index contributed by atoms with van der Waals surface area (Å²) in [4.78, 5) is 3.87. The summed E-state index contributed by atoms with van der Waals surface area (Å²) in [6.07, 6.45) is 3.50. The molecule has 0 aliphatic rings. The van der Waals surface area contributed by atoms with Gasteiger partial charge in [-0.3, -0.25) is 0 Å². The molecule has 0 bridgehead atoms. The molecule has 0 atom stereocenters. The van der Waals surface area contributed by atoms with Crippen molar-refractivity contribution in [3.8, 4) is 0 Å². The summed E-state index contributed by atoms with van der Waals surface area (Å²) in [6, 6.07) is 5.05. The molecule has 0 radical (unpaired) electrons. The first-order valence-corrected chi connectivity index (χ1v) is 3.12. The van der Waals surface area contributed by atoms with Gasteiger partial charge in [0.25, 0.3) is 0 Å². The number of pyridine rings is 1. The van der Waals surface area contributed by atoms with Crippen LogP contribution in [0.5, 0.6) is 0 Å². The Morgan fingerprint density at radius 1 is 1.50 bits per heavy atom. The molecule has 1 nitrogen and oxygen atoms in total. The van der Waals surface area contributed by atoms with Gasteiger partial charge < -0.3 is 4.98 Å². The fourth-order valence-electron chi connectivity index (χ4n) is 0.685. The minimum atomic E-state index is 0.